The Labute approximate surface area is 95.0 Å². The number of rotatable bonds is 5. The molecule has 0 aliphatic carbocycles. The van der Waals surface area contributed by atoms with Gasteiger partial charge in [0.25, 0.3) is 5.91 Å². The second-order valence-corrected chi connectivity index (χ2v) is 3.92. The molecule has 0 fully saturated rings. The largest absolute Gasteiger partial charge is 0.480 e. The van der Waals surface area contributed by atoms with E-state index in [4.69, 9.17) is 10.5 Å². The smallest absolute Gasteiger partial charge is 0.254 e. The number of methoxy groups -OCH3 is 1. The summed E-state index contributed by atoms with van der Waals surface area (Å²) in [5.74, 6) is 0.222. The number of amides is 1. The van der Waals surface area contributed by atoms with E-state index in [2.05, 4.69) is 24.1 Å². The Bertz CT molecular complexity index is 377. The maximum Gasteiger partial charge on any atom is 0.254 e. The summed E-state index contributed by atoms with van der Waals surface area (Å²) in [4.78, 5) is 15.2. The quantitative estimate of drug-likeness (QED) is 0.787. The summed E-state index contributed by atoms with van der Waals surface area (Å²) >= 11 is 0. The maximum atomic E-state index is 11.1. The topological polar surface area (TPSA) is 77.2 Å². The van der Waals surface area contributed by atoms with Gasteiger partial charge in [-0.15, -0.1) is 0 Å². The third-order valence-electron chi connectivity index (χ3n) is 2.02. The SMILES string of the molecule is COc1ncc(NCC(C)C)cc1C(N)=O. The first-order valence-electron chi connectivity index (χ1n) is 5.12. The summed E-state index contributed by atoms with van der Waals surface area (Å²) in [6.07, 6.45) is 1.62. The minimum Gasteiger partial charge on any atom is -0.480 e. The monoisotopic (exact) mass is 223 g/mol. The van der Waals surface area contributed by atoms with Crippen LogP contribution in [0.15, 0.2) is 12.3 Å². The van der Waals surface area contributed by atoms with Gasteiger partial charge >= 0.3 is 0 Å². The van der Waals surface area contributed by atoms with Crippen molar-refractivity contribution in [3.05, 3.63) is 17.8 Å². The van der Waals surface area contributed by atoms with Crippen molar-refractivity contribution in [3.63, 3.8) is 0 Å². The molecule has 0 atom stereocenters. The molecule has 1 aromatic rings. The Hall–Kier alpha value is -1.78. The van der Waals surface area contributed by atoms with Gasteiger partial charge in [-0.25, -0.2) is 4.98 Å². The van der Waals surface area contributed by atoms with E-state index < -0.39 is 5.91 Å². The molecule has 0 saturated carbocycles. The molecule has 0 aliphatic heterocycles. The van der Waals surface area contributed by atoms with Crippen molar-refractivity contribution in [1.82, 2.24) is 4.98 Å². The first-order chi connectivity index (χ1) is 7.54. The van der Waals surface area contributed by atoms with Crippen molar-refractivity contribution in [1.29, 1.82) is 0 Å². The van der Waals surface area contributed by atoms with Gasteiger partial charge in [-0.05, 0) is 12.0 Å². The highest BCUT2D eigenvalue weighted by Crippen LogP contribution is 2.18. The van der Waals surface area contributed by atoms with E-state index in [9.17, 15) is 4.79 Å². The fraction of sp³-hybridized carbons (Fsp3) is 0.455. The standard InChI is InChI=1S/C11H17N3O2/c1-7(2)5-13-8-4-9(10(12)15)11(16-3)14-6-8/h4,6-7,13H,5H2,1-3H3,(H2,12,15). The lowest BCUT2D eigenvalue weighted by atomic mass is 10.2. The van der Waals surface area contributed by atoms with Crippen molar-refractivity contribution in [2.45, 2.75) is 13.8 Å². The average molecular weight is 223 g/mol. The molecule has 1 aromatic heterocycles. The van der Waals surface area contributed by atoms with E-state index in [1.807, 2.05) is 0 Å². The fourth-order valence-electron chi connectivity index (χ4n) is 1.21. The van der Waals surface area contributed by atoms with Crippen molar-refractivity contribution in [3.8, 4) is 5.88 Å². The molecule has 1 heterocycles. The number of anilines is 1. The molecule has 0 bridgehead atoms. The molecule has 0 radical (unpaired) electrons. The highest BCUT2D eigenvalue weighted by Gasteiger charge is 2.11. The first kappa shape index (κ1) is 12.3. The Morgan fingerprint density at radius 3 is 2.81 bits per heavy atom. The normalized spacial score (nSPS) is 10.2. The molecule has 3 N–H and O–H groups in total. The van der Waals surface area contributed by atoms with Crippen LogP contribution in [0.5, 0.6) is 5.88 Å². The van der Waals surface area contributed by atoms with Gasteiger partial charge in [-0.3, -0.25) is 4.79 Å². The van der Waals surface area contributed by atoms with E-state index in [-0.39, 0.29) is 11.4 Å². The molecular formula is C11H17N3O2. The van der Waals surface area contributed by atoms with E-state index in [0.29, 0.717) is 5.92 Å². The van der Waals surface area contributed by atoms with Gasteiger partial charge in [0.15, 0.2) is 0 Å². The van der Waals surface area contributed by atoms with E-state index in [1.165, 1.54) is 7.11 Å². The zero-order valence-electron chi connectivity index (χ0n) is 9.78. The molecule has 0 saturated heterocycles. The number of primary amides is 1. The number of pyridine rings is 1. The van der Waals surface area contributed by atoms with Gasteiger partial charge in [0.2, 0.25) is 5.88 Å². The third-order valence-corrected chi connectivity index (χ3v) is 2.02. The van der Waals surface area contributed by atoms with Crippen LogP contribution in [0.1, 0.15) is 24.2 Å². The highest BCUT2D eigenvalue weighted by molar-refractivity contribution is 5.95. The molecular weight excluding hydrogens is 206 g/mol. The van der Waals surface area contributed by atoms with Gasteiger partial charge in [-0.1, -0.05) is 13.8 Å². The van der Waals surface area contributed by atoms with Gasteiger partial charge in [-0.2, -0.15) is 0 Å². The average Bonchev–Trinajstić information content (AvgIpc) is 2.25. The molecule has 0 unspecified atom stereocenters. The number of nitrogens with two attached hydrogens (primary N) is 1. The predicted molar refractivity (Wildman–Crippen MR) is 62.6 cm³/mol. The van der Waals surface area contributed by atoms with Gasteiger partial charge in [0, 0.05) is 6.54 Å². The van der Waals surface area contributed by atoms with E-state index in [0.717, 1.165) is 12.2 Å². The van der Waals surface area contributed by atoms with E-state index >= 15 is 0 Å². The van der Waals surface area contributed by atoms with Gasteiger partial charge in [0.1, 0.15) is 5.56 Å². The minimum absolute atomic E-state index is 0.252. The molecule has 5 nitrogen and oxygen atoms in total. The number of aromatic nitrogens is 1. The number of carbonyl (C=O) groups excluding carboxylic acids is 1. The highest BCUT2D eigenvalue weighted by atomic mass is 16.5. The van der Waals surface area contributed by atoms with Crippen LogP contribution in [-0.4, -0.2) is 24.5 Å². The zero-order chi connectivity index (χ0) is 12.1. The molecule has 0 spiro atoms. The van der Waals surface area contributed by atoms with Crippen LogP contribution in [0.3, 0.4) is 0 Å². The fourth-order valence-corrected chi connectivity index (χ4v) is 1.21. The number of hydrogen-bond donors (Lipinski definition) is 2. The Morgan fingerprint density at radius 2 is 2.31 bits per heavy atom. The lowest BCUT2D eigenvalue weighted by Crippen LogP contribution is -2.15. The zero-order valence-corrected chi connectivity index (χ0v) is 9.78. The Kier molecular flexibility index (Phi) is 4.10. The summed E-state index contributed by atoms with van der Waals surface area (Å²) in [6, 6.07) is 1.65. The maximum absolute atomic E-state index is 11.1. The molecule has 1 rings (SSSR count). The van der Waals surface area contributed by atoms with Crippen LogP contribution in [0, 0.1) is 5.92 Å². The van der Waals surface area contributed by atoms with Gasteiger partial charge < -0.3 is 15.8 Å². The second-order valence-electron chi connectivity index (χ2n) is 3.92. The summed E-state index contributed by atoms with van der Waals surface area (Å²) in [7, 11) is 1.45. The van der Waals surface area contributed by atoms with Gasteiger partial charge in [0.05, 0.1) is 19.0 Å². The summed E-state index contributed by atoms with van der Waals surface area (Å²) in [6.45, 7) is 5.00. The van der Waals surface area contributed by atoms with Crippen molar-refractivity contribution >= 4 is 11.6 Å². The number of nitrogens with one attached hydrogen (secondary N) is 1. The van der Waals surface area contributed by atoms with Crippen LogP contribution in [0.25, 0.3) is 0 Å². The van der Waals surface area contributed by atoms with Crippen LogP contribution < -0.4 is 15.8 Å². The lowest BCUT2D eigenvalue weighted by Gasteiger charge is -2.10. The number of hydrogen-bond acceptors (Lipinski definition) is 4. The molecule has 0 aromatic carbocycles. The number of carbonyl (C=O) groups is 1. The Morgan fingerprint density at radius 1 is 1.62 bits per heavy atom. The first-order valence-corrected chi connectivity index (χ1v) is 5.12. The number of nitrogens with zero attached hydrogens (tertiary/aromatic N) is 1. The summed E-state index contributed by atoms with van der Waals surface area (Å²) in [5, 5.41) is 3.16. The molecule has 0 aliphatic rings. The van der Waals surface area contributed by atoms with Crippen LogP contribution >= 0.6 is 0 Å². The second kappa shape index (κ2) is 5.34. The van der Waals surface area contributed by atoms with Crippen molar-refractivity contribution in [2.75, 3.05) is 19.0 Å². The van der Waals surface area contributed by atoms with Crippen LogP contribution in [0.4, 0.5) is 5.69 Å². The molecule has 1 amide bonds. The van der Waals surface area contributed by atoms with Crippen LogP contribution in [-0.2, 0) is 0 Å². The summed E-state index contributed by atoms with van der Waals surface area (Å²) in [5.41, 5.74) is 6.28. The van der Waals surface area contributed by atoms with Crippen molar-refractivity contribution in [2.24, 2.45) is 11.7 Å². The molecule has 88 valence electrons. The molecule has 16 heavy (non-hydrogen) atoms. The van der Waals surface area contributed by atoms with Crippen LogP contribution in [0.2, 0.25) is 0 Å². The Balaban J connectivity index is 2.89. The number of ether oxygens (including phenoxy) is 1. The van der Waals surface area contributed by atoms with E-state index in [1.54, 1.807) is 12.3 Å². The lowest BCUT2D eigenvalue weighted by molar-refractivity contribution is 0.0996. The molecule has 5 heteroatoms. The third kappa shape index (κ3) is 3.12. The van der Waals surface area contributed by atoms with Crippen molar-refractivity contribution < 1.29 is 9.53 Å². The minimum atomic E-state index is -0.544. The predicted octanol–water partition coefficient (Wildman–Crippen LogP) is 1.26. The summed E-state index contributed by atoms with van der Waals surface area (Å²) < 4.78 is 4.95.